The third-order valence-electron chi connectivity index (χ3n) is 3.33. The highest BCUT2D eigenvalue weighted by Crippen LogP contribution is 2.31. The maximum absolute atomic E-state index is 13.6. The Balaban J connectivity index is 3.23. The van der Waals surface area contributed by atoms with Crippen molar-refractivity contribution in [2.45, 2.75) is 46.6 Å². The topological polar surface area (TPSA) is 29.3 Å². The van der Waals surface area contributed by atoms with Crippen molar-refractivity contribution >= 4 is 11.4 Å². The third-order valence-corrected chi connectivity index (χ3v) is 3.33. The van der Waals surface area contributed by atoms with Gasteiger partial charge in [0.1, 0.15) is 5.82 Å². The minimum absolute atomic E-state index is 0.0361. The number of rotatable bonds is 6. The van der Waals surface area contributed by atoms with E-state index in [0.29, 0.717) is 11.6 Å². The van der Waals surface area contributed by atoms with Crippen molar-refractivity contribution in [2.24, 2.45) is 5.92 Å². The van der Waals surface area contributed by atoms with Gasteiger partial charge in [0, 0.05) is 18.7 Å². The summed E-state index contributed by atoms with van der Waals surface area (Å²) in [5.41, 5.74) is 6.30. The summed E-state index contributed by atoms with van der Waals surface area (Å²) in [5.74, 6) is -0.873. The lowest BCUT2D eigenvalue weighted by Gasteiger charge is -2.35. The van der Waals surface area contributed by atoms with Crippen LogP contribution in [0.4, 0.5) is 20.2 Å². The van der Waals surface area contributed by atoms with Crippen molar-refractivity contribution in [3.63, 3.8) is 0 Å². The summed E-state index contributed by atoms with van der Waals surface area (Å²) in [5, 5.41) is 0. The van der Waals surface area contributed by atoms with Crippen molar-refractivity contribution in [3.05, 3.63) is 23.8 Å². The van der Waals surface area contributed by atoms with Gasteiger partial charge in [0.25, 0.3) is 0 Å². The van der Waals surface area contributed by atoms with Crippen LogP contribution in [0.2, 0.25) is 0 Å². The molecule has 0 unspecified atom stereocenters. The van der Waals surface area contributed by atoms with Crippen LogP contribution in [-0.2, 0) is 0 Å². The predicted molar refractivity (Wildman–Crippen MR) is 77.3 cm³/mol. The van der Waals surface area contributed by atoms with E-state index in [1.54, 1.807) is 0 Å². The number of hydrogen-bond donors (Lipinski definition) is 1. The second-order valence-corrected chi connectivity index (χ2v) is 5.34. The maximum atomic E-state index is 13.6. The molecule has 0 aliphatic rings. The lowest BCUT2D eigenvalue weighted by atomic mass is 10.1. The summed E-state index contributed by atoms with van der Waals surface area (Å²) in [6, 6.07) is 2.41. The van der Waals surface area contributed by atoms with Gasteiger partial charge in [-0.3, -0.25) is 0 Å². The molecule has 2 nitrogen and oxygen atoms in total. The van der Waals surface area contributed by atoms with Gasteiger partial charge < -0.3 is 10.6 Å². The zero-order chi connectivity index (χ0) is 14.6. The van der Waals surface area contributed by atoms with Crippen LogP contribution in [0.5, 0.6) is 0 Å². The summed E-state index contributed by atoms with van der Waals surface area (Å²) in [7, 11) is 0. The second kappa shape index (κ2) is 6.73. The first-order valence-corrected chi connectivity index (χ1v) is 6.91. The highest BCUT2D eigenvalue weighted by atomic mass is 19.1. The van der Waals surface area contributed by atoms with Gasteiger partial charge in [-0.05, 0) is 24.8 Å². The van der Waals surface area contributed by atoms with E-state index in [4.69, 9.17) is 5.73 Å². The largest absolute Gasteiger partial charge is 0.395 e. The fourth-order valence-electron chi connectivity index (χ4n) is 2.38. The lowest BCUT2D eigenvalue weighted by molar-refractivity contribution is 0.504. The number of hydrogen-bond acceptors (Lipinski definition) is 2. The predicted octanol–water partition coefficient (Wildman–Crippen LogP) is 4.20. The molecule has 0 aromatic heterocycles. The number of nitrogens with two attached hydrogens (primary N) is 1. The first kappa shape index (κ1) is 15.7. The first-order chi connectivity index (χ1) is 8.90. The third kappa shape index (κ3) is 3.82. The van der Waals surface area contributed by atoms with E-state index < -0.39 is 11.6 Å². The smallest absolute Gasteiger partial charge is 0.151 e. The van der Waals surface area contributed by atoms with E-state index in [1.165, 1.54) is 6.07 Å². The molecule has 0 atom stereocenters. The normalized spacial score (nSPS) is 11.4. The molecule has 0 saturated carbocycles. The molecule has 4 heteroatoms. The van der Waals surface area contributed by atoms with Crippen molar-refractivity contribution in [2.75, 3.05) is 17.2 Å². The van der Waals surface area contributed by atoms with E-state index >= 15 is 0 Å². The number of anilines is 2. The molecule has 108 valence electrons. The van der Waals surface area contributed by atoms with Crippen molar-refractivity contribution in [3.8, 4) is 0 Å². The Hall–Kier alpha value is -1.32. The van der Waals surface area contributed by atoms with Gasteiger partial charge in [0.15, 0.2) is 5.82 Å². The molecule has 0 aliphatic heterocycles. The average Bonchev–Trinajstić information content (AvgIpc) is 2.33. The Labute approximate surface area is 114 Å². The SMILES string of the molecule is CCC(CC)N(CC(C)C)c1cc(F)cc(F)c1N. The molecule has 0 amide bonds. The average molecular weight is 270 g/mol. The minimum atomic E-state index is -0.685. The molecule has 1 rings (SSSR count). The van der Waals surface area contributed by atoms with Gasteiger partial charge >= 0.3 is 0 Å². The summed E-state index contributed by atoms with van der Waals surface area (Å²) >= 11 is 0. The molecule has 0 aliphatic carbocycles. The van der Waals surface area contributed by atoms with Crippen LogP contribution in [0.3, 0.4) is 0 Å². The van der Waals surface area contributed by atoms with Crippen LogP contribution < -0.4 is 10.6 Å². The molecule has 1 aromatic rings. The standard InChI is InChI=1S/C15H24F2N2/c1-5-12(6-2)19(9-10(3)4)14-8-11(16)7-13(17)15(14)18/h7-8,10,12H,5-6,9,18H2,1-4H3. The second-order valence-electron chi connectivity index (χ2n) is 5.34. The van der Waals surface area contributed by atoms with Crippen LogP contribution in [0, 0.1) is 17.6 Å². The molecule has 0 spiro atoms. The minimum Gasteiger partial charge on any atom is -0.395 e. The van der Waals surface area contributed by atoms with Gasteiger partial charge in [-0.25, -0.2) is 8.78 Å². The summed E-state index contributed by atoms with van der Waals surface area (Å²) in [4.78, 5) is 2.03. The molecular formula is C15H24F2N2. The van der Waals surface area contributed by atoms with Crippen molar-refractivity contribution in [1.29, 1.82) is 0 Å². The Morgan fingerprint density at radius 2 is 1.74 bits per heavy atom. The highest BCUT2D eigenvalue weighted by Gasteiger charge is 2.21. The van der Waals surface area contributed by atoms with E-state index in [-0.39, 0.29) is 11.7 Å². The van der Waals surface area contributed by atoms with Gasteiger partial charge in [0.05, 0.1) is 11.4 Å². The maximum Gasteiger partial charge on any atom is 0.151 e. The van der Waals surface area contributed by atoms with E-state index in [0.717, 1.165) is 25.5 Å². The molecule has 0 heterocycles. The Bertz CT molecular complexity index is 415. The van der Waals surface area contributed by atoms with Crippen molar-refractivity contribution in [1.82, 2.24) is 0 Å². The number of halogens is 2. The lowest BCUT2D eigenvalue weighted by Crippen LogP contribution is -2.38. The summed E-state index contributed by atoms with van der Waals surface area (Å²) in [6.07, 6.45) is 1.83. The summed E-state index contributed by atoms with van der Waals surface area (Å²) in [6.45, 7) is 9.06. The van der Waals surface area contributed by atoms with Gasteiger partial charge in [-0.2, -0.15) is 0 Å². The van der Waals surface area contributed by atoms with Gasteiger partial charge in [0.2, 0.25) is 0 Å². The van der Waals surface area contributed by atoms with Crippen molar-refractivity contribution < 1.29 is 8.78 Å². The van der Waals surface area contributed by atoms with E-state index in [2.05, 4.69) is 27.7 Å². The van der Waals surface area contributed by atoms with E-state index in [9.17, 15) is 8.78 Å². The van der Waals surface area contributed by atoms with Crippen LogP contribution in [0.1, 0.15) is 40.5 Å². The molecule has 0 radical (unpaired) electrons. The molecule has 0 fully saturated rings. The van der Waals surface area contributed by atoms with Crippen LogP contribution in [-0.4, -0.2) is 12.6 Å². The molecular weight excluding hydrogens is 246 g/mol. The van der Waals surface area contributed by atoms with Gasteiger partial charge in [-0.1, -0.05) is 27.7 Å². The Morgan fingerprint density at radius 1 is 1.16 bits per heavy atom. The molecule has 19 heavy (non-hydrogen) atoms. The summed E-state index contributed by atoms with van der Waals surface area (Å²) < 4.78 is 27.1. The quantitative estimate of drug-likeness (QED) is 0.785. The molecule has 2 N–H and O–H groups in total. The van der Waals surface area contributed by atoms with Gasteiger partial charge in [-0.15, -0.1) is 0 Å². The first-order valence-electron chi connectivity index (χ1n) is 6.91. The van der Waals surface area contributed by atoms with Crippen LogP contribution >= 0.6 is 0 Å². The number of benzene rings is 1. The molecule has 0 bridgehead atoms. The van der Waals surface area contributed by atoms with E-state index in [1.807, 2.05) is 4.90 Å². The zero-order valence-corrected chi connectivity index (χ0v) is 12.2. The number of nitrogens with zero attached hydrogens (tertiary/aromatic N) is 1. The Morgan fingerprint density at radius 3 is 2.21 bits per heavy atom. The fourth-order valence-corrected chi connectivity index (χ4v) is 2.38. The molecule has 0 saturated heterocycles. The van der Waals surface area contributed by atoms with Crippen LogP contribution in [0.25, 0.3) is 0 Å². The zero-order valence-electron chi connectivity index (χ0n) is 12.2. The monoisotopic (exact) mass is 270 g/mol. The Kier molecular flexibility index (Phi) is 5.58. The van der Waals surface area contributed by atoms with Crippen LogP contribution in [0.15, 0.2) is 12.1 Å². The number of nitrogen functional groups attached to an aromatic ring is 1. The molecule has 1 aromatic carbocycles. The fraction of sp³-hybridized carbons (Fsp3) is 0.600. The highest BCUT2D eigenvalue weighted by molar-refractivity contribution is 5.68.